The number of hydrogen-bond donors (Lipinski definition) is 1. The minimum absolute atomic E-state index is 0.0199. The van der Waals surface area contributed by atoms with Crippen LogP contribution in [0.3, 0.4) is 0 Å². The molecule has 0 aliphatic carbocycles. The van der Waals surface area contributed by atoms with Crippen molar-refractivity contribution in [1.82, 2.24) is 9.80 Å². The molecule has 9 heteroatoms. The zero-order valence-corrected chi connectivity index (χ0v) is 22.1. The summed E-state index contributed by atoms with van der Waals surface area (Å²) in [6.07, 6.45) is 0. The standard InChI is InChI=1S/C26H28BrN3O4S/c1-18(2)13-30(26(32)28-21-6-3-5-20(27)12-21)16-25(31)29(15-22-7-4-10-35-22)14-19-8-9-23-24(11-19)34-17-33-23/h3-12,18H,13-17H2,1-2H3,(H,28,32). The Kier molecular flexibility index (Phi) is 8.30. The number of hydrogen-bond acceptors (Lipinski definition) is 5. The third kappa shape index (κ3) is 6.99. The summed E-state index contributed by atoms with van der Waals surface area (Å²) >= 11 is 5.03. The summed E-state index contributed by atoms with van der Waals surface area (Å²) in [4.78, 5) is 31.1. The Labute approximate surface area is 217 Å². The van der Waals surface area contributed by atoms with Crippen LogP contribution in [-0.4, -0.2) is 41.6 Å². The molecule has 0 bridgehead atoms. The molecule has 3 aromatic rings. The largest absolute Gasteiger partial charge is 0.454 e. The molecular weight excluding hydrogens is 530 g/mol. The van der Waals surface area contributed by atoms with E-state index >= 15 is 0 Å². The van der Waals surface area contributed by atoms with E-state index in [2.05, 4.69) is 21.2 Å². The second-order valence-electron chi connectivity index (χ2n) is 8.73. The molecule has 35 heavy (non-hydrogen) atoms. The van der Waals surface area contributed by atoms with E-state index in [0.717, 1.165) is 14.9 Å². The van der Waals surface area contributed by atoms with Gasteiger partial charge in [-0.25, -0.2) is 4.79 Å². The molecule has 1 N–H and O–H groups in total. The van der Waals surface area contributed by atoms with Crippen LogP contribution in [0.2, 0.25) is 0 Å². The van der Waals surface area contributed by atoms with Crippen molar-refractivity contribution in [3.05, 3.63) is 74.9 Å². The van der Waals surface area contributed by atoms with Crippen molar-refractivity contribution in [3.63, 3.8) is 0 Å². The fourth-order valence-electron chi connectivity index (χ4n) is 3.77. The van der Waals surface area contributed by atoms with Crippen molar-refractivity contribution in [2.75, 3.05) is 25.2 Å². The molecule has 2 heterocycles. The number of fused-ring (bicyclic) bond motifs is 1. The van der Waals surface area contributed by atoms with E-state index in [-0.39, 0.29) is 31.2 Å². The molecule has 0 radical (unpaired) electrons. The number of nitrogens with zero attached hydrogens (tertiary/aromatic N) is 2. The van der Waals surface area contributed by atoms with Gasteiger partial charge in [0.15, 0.2) is 11.5 Å². The maximum atomic E-state index is 13.6. The number of rotatable bonds is 9. The number of urea groups is 1. The van der Waals surface area contributed by atoms with Crippen molar-refractivity contribution in [2.45, 2.75) is 26.9 Å². The van der Waals surface area contributed by atoms with Gasteiger partial charge in [-0.3, -0.25) is 4.79 Å². The number of carbonyl (C=O) groups is 2. The number of carbonyl (C=O) groups excluding carboxylic acids is 2. The summed E-state index contributed by atoms with van der Waals surface area (Å²) in [5, 5.41) is 4.91. The van der Waals surface area contributed by atoms with Gasteiger partial charge in [0.25, 0.3) is 0 Å². The van der Waals surface area contributed by atoms with E-state index in [1.165, 1.54) is 0 Å². The van der Waals surface area contributed by atoms with E-state index in [0.29, 0.717) is 36.8 Å². The van der Waals surface area contributed by atoms with Gasteiger partial charge in [-0.05, 0) is 53.3 Å². The molecular formula is C26H28BrN3O4S. The van der Waals surface area contributed by atoms with Gasteiger partial charge in [0.1, 0.15) is 6.54 Å². The minimum Gasteiger partial charge on any atom is -0.454 e. The lowest BCUT2D eigenvalue weighted by atomic mass is 10.1. The molecule has 7 nitrogen and oxygen atoms in total. The zero-order valence-electron chi connectivity index (χ0n) is 19.7. The number of ether oxygens (including phenoxy) is 2. The van der Waals surface area contributed by atoms with Crippen LogP contribution in [0, 0.1) is 5.92 Å². The second kappa shape index (κ2) is 11.6. The first kappa shape index (κ1) is 25.1. The van der Waals surface area contributed by atoms with Crippen LogP contribution in [0.15, 0.2) is 64.5 Å². The fourth-order valence-corrected chi connectivity index (χ4v) is 4.89. The predicted octanol–water partition coefficient (Wildman–Crippen LogP) is 5.96. The number of amides is 3. The van der Waals surface area contributed by atoms with Gasteiger partial charge in [0, 0.05) is 28.1 Å². The lowest BCUT2D eigenvalue weighted by molar-refractivity contribution is -0.133. The van der Waals surface area contributed by atoms with Crippen molar-refractivity contribution in [2.24, 2.45) is 5.92 Å². The molecule has 0 atom stereocenters. The number of benzene rings is 2. The smallest absolute Gasteiger partial charge is 0.322 e. The molecule has 2 aromatic carbocycles. The zero-order chi connectivity index (χ0) is 24.8. The molecule has 184 valence electrons. The molecule has 1 aliphatic rings. The molecule has 0 saturated carbocycles. The van der Waals surface area contributed by atoms with Crippen molar-refractivity contribution in [1.29, 1.82) is 0 Å². The first-order chi connectivity index (χ1) is 16.9. The molecule has 0 fully saturated rings. The van der Waals surface area contributed by atoms with Crippen LogP contribution >= 0.6 is 27.3 Å². The summed E-state index contributed by atoms with van der Waals surface area (Å²) in [5.74, 6) is 1.47. The van der Waals surface area contributed by atoms with Crippen LogP contribution < -0.4 is 14.8 Å². The third-order valence-corrected chi connectivity index (χ3v) is 6.72. The van der Waals surface area contributed by atoms with Gasteiger partial charge in [0.05, 0.1) is 6.54 Å². The number of anilines is 1. The van der Waals surface area contributed by atoms with Gasteiger partial charge in [-0.2, -0.15) is 0 Å². The topological polar surface area (TPSA) is 71.1 Å². The minimum atomic E-state index is -0.302. The normalized spacial score (nSPS) is 12.0. The van der Waals surface area contributed by atoms with Gasteiger partial charge >= 0.3 is 6.03 Å². The van der Waals surface area contributed by atoms with Crippen molar-refractivity contribution < 1.29 is 19.1 Å². The van der Waals surface area contributed by atoms with Crippen molar-refractivity contribution in [3.8, 4) is 11.5 Å². The SMILES string of the molecule is CC(C)CN(CC(=O)N(Cc1ccc2c(c1)OCO2)Cc1cccs1)C(=O)Nc1cccc(Br)c1. The number of nitrogens with one attached hydrogen (secondary N) is 1. The highest BCUT2D eigenvalue weighted by molar-refractivity contribution is 9.10. The highest BCUT2D eigenvalue weighted by Gasteiger charge is 2.24. The van der Waals surface area contributed by atoms with E-state index in [4.69, 9.17) is 9.47 Å². The Morgan fingerprint density at radius 1 is 1.03 bits per heavy atom. The quantitative estimate of drug-likeness (QED) is 0.352. The van der Waals surface area contributed by atoms with E-state index < -0.39 is 0 Å². The molecule has 1 aromatic heterocycles. The number of thiophene rings is 1. The summed E-state index contributed by atoms with van der Waals surface area (Å²) in [5.41, 5.74) is 1.61. The maximum Gasteiger partial charge on any atom is 0.322 e. The fraction of sp³-hybridized carbons (Fsp3) is 0.308. The summed E-state index contributed by atoms with van der Waals surface area (Å²) in [6.45, 7) is 5.56. The summed E-state index contributed by atoms with van der Waals surface area (Å²) in [7, 11) is 0. The van der Waals surface area contributed by atoms with Gasteiger partial charge < -0.3 is 24.6 Å². The van der Waals surface area contributed by atoms with Crippen LogP contribution in [0.1, 0.15) is 24.3 Å². The Hall–Kier alpha value is -3.04. The highest BCUT2D eigenvalue weighted by atomic mass is 79.9. The predicted molar refractivity (Wildman–Crippen MR) is 141 cm³/mol. The molecule has 0 unspecified atom stereocenters. The first-order valence-electron chi connectivity index (χ1n) is 11.4. The lowest BCUT2D eigenvalue weighted by Crippen LogP contribution is -2.45. The molecule has 4 rings (SSSR count). The molecule has 0 spiro atoms. The average molecular weight is 558 g/mol. The highest BCUT2D eigenvalue weighted by Crippen LogP contribution is 2.33. The lowest BCUT2D eigenvalue weighted by Gasteiger charge is -2.29. The summed E-state index contributed by atoms with van der Waals surface area (Å²) in [6, 6.07) is 16.8. The van der Waals surface area contributed by atoms with E-state index in [9.17, 15) is 9.59 Å². The Morgan fingerprint density at radius 2 is 1.86 bits per heavy atom. The molecule has 0 saturated heterocycles. The molecule has 1 aliphatic heterocycles. The van der Waals surface area contributed by atoms with Crippen LogP contribution in [-0.2, 0) is 17.9 Å². The summed E-state index contributed by atoms with van der Waals surface area (Å²) < 4.78 is 11.8. The number of halogens is 1. The van der Waals surface area contributed by atoms with Gasteiger partial charge in [-0.1, -0.05) is 48.0 Å². The van der Waals surface area contributed by atoms with E-state index in [1.54, 1.807) is 21.1 Å². The monoisotopic (exact) mass is 557 g/mol. The van der Waals surface area contributed by atoms with E-state index in [1.807, 2.05) is 73.8 Å². The van der Waals surface area contributed by atoms with Crippen LogP contribution in [0.4, 0.5) is 10.5 Å². The van der Waals surface area contributed by atoms with Crippen LogP contribution in [0.25, 0.3) is 0 Å². The van der Waals surface area contributed by atoms with Crippen LogP contribution in [0.5, 0.6) is 11.5 Å². The molecule has 3 amide bonds. The van der Waals surface area contributed by atoms with Gasteiger partial charge in [0.2, 0.25) is 12.7 Å². The first-order valence-corrected chi connectivity index (χ1v) is 13.0. The maximum absolute atomic E-state index is 13.6. The Morgan fingerprint density at radius 3 is 2.60 bits per heavy atom. The second-order valence-corrected chi connectivity index (χ2v) is 10.7. The average Bonchev–Trinajstić information content (AvgIpc) is 3.49. The Balaban J connectivity index is 1.50. The third-order valence-electron chi connectivity index (χ3n) is 5.36. The van der Waals surface area contributed by atoms with Gasteiger partial charge in [-0.15, -0.1) is 11.3 Å². The van der Waals surface area contributed by atoms with Crippen molar-refractivity contribution >= 4 is 44.9 Å². The Bertz CT molecular complexity index is 1170.